The highest BCUT2D eigenvalue weighted by molar-refractivity contribution is 6.00. The molecule has 2 heterocycles. The smallest absolute Gasteiger partial charge is 0.322 e. The van der Waals surface area contributed by atoms with Crippen LogP contribution >= 0.6 is 0 Å². The molecule has 1 atom stereocenters. The van der Waals surface area contributed by atoms with Gasteiger partial charge < -0.3 is 5.32 Å². The third-order valence-electron chi connectivity index (χ3n) is 4.72. The van der Waals surface area contributed by atoms with Crippen molar-refractivity contribution in [3.8, 4) is 0 Å². The van der Waals surface area contributed by atoms with E-state index < -0.39 is 6.04 Å². The lowest BCUT2D eigenvalue weighted by Crippen LogP contribution is -2.47. The Morgan fingerprint density at radius 1 is 1.31 bits per heavy atom. The zero-order valence-corrected chi connectivity index (χ0v) is 15.5. The first-order valence-electron chi connectivity index (χ1n) is 8.94. The minimum atomic E-state index is -0.474. The van der Waals surface area contributed by atoms with E-state index in [1.165, 1.54) is 10.6 Å². The van der Waals surface area contributed by atoms with Crippen LogP contribution in [-0.4, -0.2) is 41.6 Å². The van der Waals surface area contributed by atoms with Crippen LogP contribution in [0.1, 0.15) is 43.9 Å². The fourth-order valence-corrected chi connectivity index (χ4v) is 3.37. The average Bonchev–Trinajstić information content (AvgIpc) is 2.94. The van der Waals surface area contributed by atoms with Crippen molar-refractivity contribution in [3.63, 3.8) is 0 Å². The molecule has 0 bridgehead atoms. The molecule has 0 aliphatic carbocycles. The fourth-order valence-electron chi connectivity index (χ4n) is 3.37. The zero-order chi connectivity index (χ0) is 18.8. The number of hydrogen-bond acceptors (Lipinski definition) is 3. The molecule has 138 valence electrons. The summed E-state index contributed by atoms with van der Waals surface area (Å²) in [6, 6.07) is 7.34. The number of nitrogens with zero attached hydrogens (tertiary/aromatic N) is 2. The van der Waals surface area contributed by atoms with Crippen molar-refractivity contribution in [2.24, 2.45) is 0 Å². The number of carbonyl (C=O) groups is 2. The fraction of sp³-hybridized carbons (Fsp3) is 0.400. The summed E-state index contributed by atoms with van der Waals surface area (Å²) in [6.45, 7) is 10.8. The maximum atomic E-state index is 12.9. The van der Waals surface area contributed by atoms with E-state index in [0.29, 0.717) is 30.3 Å². The van der Waals surface area contributed by atoms with E-state index in [4.69, 9.17) is 4.84 Å². The van der Waals surface area contributed by atoms with Crippen LogP contribution < -0.4 is 5.32 Å². The Hall–Kier alpha value is -2.60. The predicted octanol–water partition coefficient (Wildman–Crippen LogP) is 3.11. The summed E-state index contributed by atoms with van der Waals surface area (Å²) in [5, 5.41) is 4.29. The van der Waals surface area contributed by atoms with Crippen LogP contribution in [0, 0.1) is 0 Å². The van der Waals surface area contributed by atoms with Gasteiger partial charge >= 0.3 is 6.03 Å². The van der Waals surface area contributed by atoms with Gasteiger partial charge in [0.1, 0.15) is 0 Å². The predicted molar refractivity (Wildman–Crippen MR) is 99.1 cm³/mol. The third-order valence-corrected chi connectivity index (χ3v) is 4.72. The van der Waals surface area contributed by atoms with Crippen molar-refractivity contribution in [1.29, 1.82) is 0 Å². The molecule has 1 unspecified atom stereocenters. The second kappa shape index (κ2) is 7.33. The van der Waals surface area contributed by atoms with Gasteiger partial charge in [-0.3, -0.25) is 14.5 Å². The van der Waals surface area contributed by atoms with Gasteiger partial charge in [0.15, 0.2) is 0 Å². The van der Waals surface area contributed by atoms with Crippen LogP contribution in [0.3, 0.4) is 0 Å². The van der Waals surface area contributed by atoms with Crippen LogP contribution in [0.15, 0.2) is 48.2 Å². The van der Waals surface area contributed by atoms with E-state index in [1.54, 1.807) is 11.0 Å². The lowest BCUT2D eigenvalue weighted by atomic mass is 9.93. The van der Waals surface area contributed by atoms with Crippen molar-refractivity contribution in [3.05, 3.63) is 59.3 Å². The Labute approximate surface area is 154 Å². The minimum absolute atomic E-state index is 0.200. The summed E-state index contributed by atoms with van der Waals surface area (Å²) in [5.41, 5.74) is 3.36. The van der Waals surface area contributed by atoms with Crippen LogP contribution in [0.5, 0.6) is 0 Å². The number of amides is 3. The molecular formula is C20H25N3O3. The molecule has 26 heavy (non-hydrogen) atoms. The average molecular weight is 355 g/mol. The molecular weight excluding hydrogens is 330 g/mol. The highest BCUT2D eigenvalue weighted by Crippen LogP contribution is 2.36. The van der Waals surface area contributed by atoms with Crippen molar-refractivity contribution < 1.29 is 14.4 Å². The van der Waals surface area contributed by atoms with Gasteiger partial charge in [-0.2, -0.15) is 0 Å². The van der Waals surface area contributed by atoms with Crippen molar-refractivity contribution in [1.82, 2.24) is 15.3 Å². The van der Waals surface area contributed by atoms with Crippen LogP contribution in [0.2, 0.25) is 0 Å². The van der Waals surface area contributed by atoms with E-state index in [9.17, 15) is 9.59 Å². The summed E-state index contributed by atoms with van der Waals surface area (Å²) in [4.78, 5) is 32.5. The summed E-state index contributed by atoms with van der Waals surface area (Å²) < 4.78 is 0. The Balaban J connectivity index is 2.01. The Kier molecular flexibility index (Phi) is 5.13. The summed E-state index contributed by atoms with van der Waals surface area (Å²) in [5.74, 6) is 0.221. The quantitative estimate of drug-likeness (QED) is 0.798. The minimum Gasteiger partial charge on any atom is -0.326 e. The number of benzene rings is 1. The number of nitrogens with one attached hydrogen (secondary N) is 1. The molecule has 2 aliphatic heterocycles. The maximum absolute atomic E-state index is 12.9. The van der Waals surface area contributed by atoms with Crippen molar-refractivity contribution in [2.75, 3.05) is 19.7 Å². The number of urea groups is 1. The SMILES string of the molecule is C=CCN1C(=O)NC(c2ccc(C(C)C)cc2)C2=C1CN(OCC)C2=O. The Morgan fingerprint density at radius 2 is 2.00 bits per heavy atom. The highest BCUT2D eigenvalue weighted by Gasteiger charge is 2.44. The molecule has 0 aromatic heterocycles. The second-order valence-electron chi connectivity index (χ2n) is 6.72. The molecule has 6 heteroatoms. The molecule has 0 saturated heterocycles. The van der Waals surface area contributed by atoms with E-state index in [0.717, 1.165) is 5.56 Å². The van der Waals surface area contributed by atoms with Crippen molar-refractivity contribution in [2.45, 2.75) is 32.7 Å². The molecule has 0 radical (unpaired) electrons. The van der Waals surface area contributed by atoms with Gasteiger partial charge in [0, 0.05) is 6.54 Å². The Bertz CT molecular complexity index is 752. The van der Waals surface area contributed by atoms with Gasteiger partial charge in [-0.15, -0.1) is 6.58 Å². The number of hydroxylamine groups is 2. The van der Waals surface area contributed by atoms with Gasteiger partial charge in [0.05, 0.1) is 30.5 Å². The van der Waals surface area contributed by atoms with Gasteiger partial charge in [-0.1, -0.05) is 44.2 Å². The second-order valence-corrected chi connectivity index (χ2v) is 6.72. The van der Waals surface area contributed by atoms with E-state index >= 15 is 0 Å². The highest BCUT2D eigenvalue weighted by atomic mass is 16.7. The van der Waals surface area contributed by atoms with Crippen LogP contribution in [0.25, 0.3) is 0 Å². The monoisotopic (exact) mass is 355 g/mol. The van der Waals surface area contributed by atoms with Gasteiger partial charge in [0.25, 0.3) is 5.91 Å². The lowest BCUT2D eigenvalue weighted by molar-refractivity contribution is -0.174. The first-order valence-corrected chi connectivity index (χ1v) is 8.94. The van der Waals surface area contributed by atoms with Crippen LogP contribution in [-0.2, 0) is 9.63 Å². The molecule has 2 aliphatic rings. The summed E-state index contributed by atoms with van der Waals surface area (Å²) >= 11 is 0. The molecule has 0 saturated carbocycles. The topological polar surface area (TPSA) is 61.9 Å². The van der Waals surface area contributed by atoms with Crippen molar-refractivity contribution >= 4 is 11.9 Å². The van der Waals surface area contributed by atoms with Gasteiger partial charge in [-0.05, 0) is 24.0 Å². The van der Waals surface area contributed by atoms with E-state index in [2.05, 4.69) is 25.7 Å². The largest absolute Gasteiger partial charge is 0.326 e. The summed E-state index contributed by atoms with van der Waals surface area (Å²) in [6.07, 6.45) is 1.65. The van der Waals surface area contributed by atoms with E-state index in [-0.39, 0.29) is 18.5 Å². The standard InChI is InChI=1S/C20H25N3O3/c1-5-11-22-16-12-23(26-6-2)19(24)17(16)18(21-20(22)25)15-9-7-14(8-10-15)13(3)4/h5,7-10,13,18H,1,6,11-12H2,2-4H3,(H,21,25). The summed E-state index contributed by atoms with van der Waals surface area (Å²) in [7, 11) is 0. The molecule has 1 N–H and O–H groups in total. The Morgan fingerprint density at radius 3 is 2.58 bits per heavy atom. The first-order chi connectivity index (χ1) is 12.5. The molecule has 6 nitrogen and oxygen atoms in total. The maximum Gasteiger partial charge on any atom is 0.322 e. The zero-order valence-electron chi connectivity index (χ0n) is 15.5. The van der Waals surface area contributed by atoms with Gasteiger partial charge in [-0.25, -0.2) is 9.86 Å². The number of carbonyl (C=O) groups excluding carboxylic acids is 2. The van der Waals surface area contributed by atoms with E-state index in [1.807, 2.05) is 31.2 Å². The van der Waals surface area contributed by atoms with Gasteiger partial charge in [0.2, 0.25) is 0 Å². The lowest BCUT2D eigenvalue weighted by Gasteiger charge is -2.33. The molecule has 3 amide bonds. The van der Waals surface area contributed by atoms with Crippen LogP contribution in [0.4, 0.5) is 4.79 Å². The molecule has 1 aromatic rings. The number of rotatable bonds is 6. The molecule has 1 aromatic carbocycles. The molecule has 0 fully saturated rings. The molecule has 0 spiro atoms. The number of hydrogen-bond donors (Lipinski definition) is 1. The first kappa shape index (κ1) is 18.2. The normalized spacial score (nSPS) is 19.9. The third kappa shape index (κ3) is 3.12. The molecule has 3 rings (SSSR count).